The maximum absolute atomic E-state index is 9.60. The van der Waals surface area contributed by atoms with Crippen LogP contribution in [-0.4, -0.2) is 5.11 Å². The summed E-state index contributed by atoms with van der Waals surface area (Å²) in [5.74, 6) is 0.275. The van der Waals surface area contributed by atoms with Crippen LogP contribution in [0.15, 0.2) is 58.3 Å². The summed E-state index contributed by atoms with van der Waals surface area (Å²) in [6.45, 7) is 0. The van der Waals surface area contributed by atoms with Crippen LogP contribution < -0.4 is 0 Å². The number of aromatic hydroxyl groups is 1. The SMILES string of the molecule is N#Cc1ccc(Sc2ccccc2O)cc1. The van der Waals surface area contributed by atoms with Crippen molar-refractivity contribution >= 4 is 11.8 Å². The van der Waals surface area contributed by atoms with Crippen LogP contribution in [0.5, 0.6) is 5.75 Å². The van der Waals surface area contributed by atoms with Gasteiger partial charge in [-0.15, -0.1) is 0 Å². The highest BCUT2D eigenvalue weighted by Crippen LogP contribution is 2.33. The Morgan fingerprint density at radius 2 is 1.69 bits per heavy atom. The lowest BCUT2D eigenvalue weighted by Gasteiger charge is -2.03. The molecule has 0 saturated carbocycles. The van der Waals surface area contributed by atoms with Crippen molar-refractivity contribution in [3.63, 3.8) is 0 Å². The van der Waals surface area contributed by atoms with Gasteiger partial charge in [-0.3, -0.25) is 0 Å². The van der Waals surface area contributed by atoms with E-state index < -0.39 is 0 Å². The van der Waals surface area contributed by atoms with Gasteiger partial charge in [0.25, 0.3) is 0 Å². The Morgan fingerprint density at radius 1 is 1.00 bits per heavy atom. The summed E-state index contributed by atoms with van der Waals surface area (Å²) in [5, 5.41) is 18.3. The van der Waals surface area contributed by atoms with Gasteiger partial charge in [0.05, 0.1) is 16.5 Å². The van der Waals surface area contributed by atoms with Crippen molar-refractivity contribution in [1.82, 2.24) is 0 Å². The molecule has 3 heteroatoms. The summed E-state index contributed by atoms with van der Waals surface area (Å²) >= 11 is 1.47. The first-order chi connectivity index (χ1) is 7.79. The lowest BCUT2D eigenvalue weighted by atomic mass is 10.2. The van der Waals surface area contributed by atoms with Crippen molar-refractivity contribution in [2.45, 2.75) is 9.79 Å². The van der Waals surface area contributed by atoms with Gasteiger partial charge in [0, 0.05) is 4.90 Å². The van der Waals surface area contributed by atoms with Gasteiger partial charge in [-0.05, 0) is 36.4 Å². The van der Waals surface area contributed by atoms with Crippen LogP contribution >= 0.6 is 11.8 Å². The fourth-order valence-corrected chi connectivity index (χ4v) is 2.11. The van der Waals surface area contributed by atoms with Crippen LogP contribution in [0.2, 0.25) is 0 Å². The first-order valence-corrected chi connectivity index (χ1v) is 5.57. The molecule has 2 aromatic carbocycles. The summed E-state index contributed by atoms with van der Waals surface area (Å²) in [6, 6.07) is 16.5. The van der Waals surface area contributed by atoms with Gasteiger partial charge in [0.1, 0.15) is 5.75 Å². The van der Waals surface area contributed by atoms with Gasteiger partial charge in [-0.25, -0.2) is 0 Å². The number of phenolic OH excluding ortho intramolecular Hbond substituents is 1. The fraction of sp³-hybridized carbons (Fsp3) is 0. The minimum atomic E-state index is 0.275. The average Bonchev–Trinajstić information content (AvgIpc) is 2.33. The van der Waals surface area contributed by atoms with E-state index in [4.69, 9.17) is 5.26 Å². The molecule has 2 nitrogen and oxygen atoms in total. The topological polar surface area (TPSA) is 44.0 Å². The first kappa shape index (κ1) is 10.6. The predicted octanol–water partition coefficient (Wildman–Crippen LogP) is 3.42. The number of para-hydroxylation sites is 1. The average molecular weight is 227 g/mol. The Bertz CT molecular complexity index is 528. The van der Waals surface area contributed by atoms with E-state index in [9.17, 15) is 5.11 Å². The zero-order valence-corrected chi connectivity index (χ0v) is 9.24. The van der Waals surface area contributed by atoms with Crippen LogP contribution in [0.1, 0.15) is 5.56 Å². The van der Waals surface area contributed by atoms with Crippen LogP contribution in [0, 0.1) is 11.3 Å². The van der Waals surface area contributed by atoms with Crippen LogP contribution in [0.3, 0.4) is 0 Å². The molecule has 78 valence electrons. The molecule has 0 aliphatic rings. The minimum Gasteiger partial charge on any atom is -0.507 e. The van der Waals surface area contributed by atoms with Crippen molar-refractivity contribution in [3.05, 3.63) is 54.1 Å². The summed E-state index contributed by atoms with van der Waals surface area (Å²) in [4.78, 5) is 1.81. The second-order valence-electron chi connectivity index (χ2n) is 3.21. The third-order valence-electron chi connectivity index (χ3n) is 2.08. The zero-order chi connectivity index (χ0) is 11.4. The monoisotopic (exact) mass is 227 g/mol. The molecule has 0 heterocycles. The van der Waals surface area contributed by atoms with Gasteiger partial charge < -0.3 is 5.11 Å². The smallest absolute Gasteiger partial charge is 0.129 e. The summed E-state index contributed by atoms with van der Waals surface area (Å²) in [6.07, 6.45) is 0. The molecule has 0 fully saturated rings. The van der Waals surface area contributed by atoms with Gasteiger partial charge in [0.2, 0.25) is 0 Å². The maximum Gasteiger partial charge on any atom is 0.129 e. The lowest BCUT2D eigenvalue weighted by molar-refractivity contribution is 0.462. The Labute approximate surface area is 98.2 Å². The third kappa shape index (κ3) is 2.36. The Hall–Kier alpha value is -1.92. The van der Waals surface area contributed by atoms with Crippen molar-refractivity contribution in [2.75, 3.05) is 0 Å². The van der Waals surface area contributed by atoms with Crippen molar-refractivity contribution < 1.29 is 5.11 Å². The normalized spacial score (nSPS) is 9.69. The number of hydrogen-bond donors (Lipinski definition) is 1. The highest BCUT2D eigenvalue weighted by atomic mass is 32.2. The molecule has 0 spiro atoms. The Balaban J connectivity index is 2.22. The number of hydrogen-bond acceptors (Lipinski definition) is 3. The first-order valence-electron chi connectivity index (χ1n) is 4.75. The number of nitriles is 1. The molecule has 0 aliphatic carbocycles. The number of rotatable bonds is 2. The van der Waals surface area contributed by atoms with E-state index in [1.165, 1.54) is 11.8 Å². The number of nitrogens with zero attached hydrogens (tertiary/aromatic N) is 1. The van der Waals surface area contributed by atoms with Crippen molar-refractivity contribution in [3.8, 4) is 11.8 Å². The molecule has 0 amide bonds. The quantitative estimate of drug-likeness (QED) is 0.855. The number of phenols is 1. The standard InChI is InChI=1S/C13H9NOS/c14-9-10-5-7-11(8-6-10)16-13-4-2-1-3-12(13)15/h1-8,15H. The molecular weight excluding hydrogens is 218 g/mol. The largest absolute Gasteiger partial charge is 0.507 e. The maximum atomic E-state index is 9.60. The number of benzene rings is 2. The summed E-state index contributed by atoms with van der Waals surface area (Å²) in [5.41, 5.74) is 0.640. The molecular formula is C13H9NOS. The molecule has 0 bridgehead atoms. The highest BCUT2D eigenvalue weighted by molar-refractivity contribution is 7.99. The fourth-order valence-electron chi connectivity index (χ4n) is 1.27. The van der Waals surface area contributed by atoms with Crippen molar-refractivity contribution in [1.29, 1.82) is 5.26 Å². The minimum absolute atomic E-state index is 0.275. The van der Waals surface area contributed by atoms with Gasteiger partial charge in [-0.1, -0.05) is 23.9 Å². The molecule has 0 radical (unpaired) electrons. The van der Waals surface area contributed by atoms with Crippen LogP contribution in [-0.2, 0) is 0 Å². The van der Waals surface area contributed by atoms with E-state index in [0.29, 0.717) is 5.56 Å². The molecule has 16 heavy (non-hydrogen) atoms. The van der Waals surface area contributed by atoms with Gasteiger partial charge in [0.15, 0.2) is 0 Å². The molecule has 0 saturated heterocycles. The molecule has 2 rings (SSSR count). The predicted molar refractivity (Wildman–Crippen MR) is 63.4 cm³/mol. The van der Waals surface area contributed by atoms with E-state index in [1.807, 2.05) is 24.3 Å². The van der Waals surface area contributed by atoms with E-state index in [1.54, 1.807) is 24.3 Å². The summed E-state index contributed by atoms with van der Waals surface area (Å²) in [7, 11) is 0. The summed E-state index contributed by atoms with van der Waals surface area (Å²) < 4.78 is 0. The van der Waals surface area contributed by atoms with E-state index in [2.05, 4.69) is 6.07 Å². The Morgan fingerprint density at radius 3 is 2.31 bits per heavy atom. The molecule has 0 aliphatic heterocycles. The Kier molecular flexibility index (Phi) is 3.13. The zero-order valence-electron chi connectivity index (χ0n) is 8.42. The molecule has 2 aromatic rings. The lowest BCUT2D eigenvalue weighted by Crippen LogP contribution is -1.76. The van der Waals surface area contributed by atoms with Gasteiger partial charge >= 0.3 is 0 Å². The van der Waals surface area contributed by atoms with E-state index >= 15 is 0 Å². The second-order valence-corrected chi connectivity index (χ2v) is 4.32. The molecule has 0 unspecified atom stereocenters. The van der Waals surface area contributed by atoms with Crippen molar-refractivity contribution in [2.24, 2.45) is 0 Å². The second kappa shape index (κ2) is 4.73. The van der Waals surface area contributed by atoms with Crippen LogP contribution in [0.4, 0.5) is 0 Å². The van der Waals surface area contributed by atoms with Gasteiger partial charge in [-0.2, -0.15) is 5.26 Å². The third-order valence-corrected chi connectivity index (χ3v) is 3.15. The van der Waals surface area contributed by atoms with E-state index in [-0.39, 0.29) is 5.75 Å². The molecule has 0 aromatic heterocycles. The molecule has 1 N–H and O–H groups in total. The van der Waals surface area contributed by atoms with Crippen LogP contribution in [0.25, 0.3) is 0 Å². The van der Waals surface area contributed by atoms with E-state index in [0.717, 1.165) is 9.79 Å². The molecule has 0 atom stereocenters. The highest BCUT2D eigenvalue weighted by Gasteiger charge is 2.01.